The summed E-state index contributed by atoms with van der Waals surface area (Å²) in [5, 5.41) is 9.39. The Morgan fingerprint density at radius 2 is 2.05 bits per heavy atom. The molecule has 0 aliphatic rings. The molecule has 0 spiro atoms. The predicted molar refractivity (Wildman–Crippen MR) is 71.3 cm³/mol. The van der Waals surface area contributed by atoms with Crippen LogP contribution in [0.3, 0.4) is 0 Å². The van der Waals surface area contributed by atoms with Gasteiger partial charge in [0.05, 0.1) is 13.0 Å². The summed E-state index contributed by atoms with van der Waals surface area (Å²) in [5.74, 6) is -1.02. The van der Waals surface area contributed by atoms with Crippen molar-refractivity contribution in [1.29, 1.82) is 0 Å². The van der Waals surface area contributed by atoms with Crippen LogP contribution in [0.5, 0.6) is 5.88 Å². The second-order valence-corrected chi connectivity index (χ2v) is 4.21. The number of carboxylic acids is 1. The Kier molecular flexibility index (Phi) is 4.13. The molecule has 4 heteroatoms. The van der Waals surface area contributed by atoms with Crippen molar-refractivity contribution < 1.29 is 14.6 Å². The number of nitrogens with zero attached hydrogens (tertiary/aromatic N) is 1. The fraction of sp³-hybridized carbons (Fsp3) is 0.200. The van der Waals surface area contributed by atoms with Crippen LogP contribution in [-0.2, 0) is 11.2 Å². The molecule has 0 saturated heterocycles. The zero-order valence-electron chi connectivity index (χ0n) is 10.6. The van der Waals surface area contributed by atoms with Crippen molar-refractivity contribution in [2.24, 2.45) is 0 Å². The normalized spacial score (nSPS) is 11.8. The number of methoxy groups -OCH3 is 1. The molecular weight excluding hydrogens is 242 g/mol. The third kappa shape index (κ3) is 3.31. The second kappa shape index (κ2) is 6.00. The van der Waals surface area contributed by atoms with Gasteiger partial charge in [-0.1, -0.05) is 30.3 Å². The largest absolute Gasteiger partial charge is 0.481 e. The number of aromatic nitrogens is 1. The number of ether oxygens (including phenoxy) is 1. The lowest BCUT2D eigenvalue weighted by atomic mass is 9.93. The Labute approximate surface area is 111 Å². The van der Waals surface area contributed by atoms with E-state index in [0.29, 0.717) is 17.9 Å². The van der Waals surface area contributed by atoms with Gasteiger partial charge in [-0.3, -0.25) is 4.79 Å². The van der Waals surface area contributed by atoms with Crippen LogP contribution in [0.15, 0.2) is 48.7 Å². The first kappa shape index (κ1) is 13.1. The highest BCUT2D eigenvalue weighted by Crippen LogP contribution is 2.23. The van der Waals surface area contributed by atoms with E-state index in [1.165, 1.54) is 7.11 Å². The summed E-state index contributed by atoms with van der Waals surface area (Å²) >= 11 is 0. The molecule has 0 radical (unpaired) electrons. The van der Waals surface area contributed by atoms with Crippen LogP contribution in [0.25, 0.3) is 0 Å². The first-order valence-electron chi connectivity index (χ1n) is 5.97. The molecule has 2 rings (SSSR count). The van der Waals surface area contributed by atoms with E-state index in [1.54, 1.807) is 18.3 Å². The Balaban J connectivity index is 2.27. The molecule has 0 amide bonds. The number of benzene rings is 1. The summed E-state index contributed by atoms with van der Waals surface area (Å²) in [4.78, 5) is 15.4. The predicted octanol–water partition coefficient (Wildman–Crippen LogP) is 2.50. The van der Waals surface area contributed by atoms with E-state index >= 15 is 0 Å². The van der Waals surface area contributed by atoms with Gasteiger partial charge in [0.15, 0.2) is 0 Å². The van der Waals surface area contributed by atoms with E-state index < -0.39 is 11.9 Å². The Morgan fingerprint density at radius 3 is 2.68 bits per heavy atom. The van der Waals surface area contributed by atoms with Crippen LogP contribution in [0.2, 0.25) is 0 Å². The monoisotopic (exact) mass is 257 g/mol. The van der Waals surface area contributed by atoms with Gasteiger partial charge in [-0.05, 0) is 23.6 Å². The average molecular weight is 257 g/mol. The topological polar surface area (TPSA) is 59.4 Å². The number of aliphatic carboxylic acids is 1. The molecule has 0 saturated carbocycles. The quantitative estimate of drug-likeness (QED) is 0.894. The van der Waals surface area contributed by atoms with Crippen molar-refractivity contribution in [3.05, 3.63) is 59.8 Å². The molecule has 19 heavy (non-hydrogen) atoms. The molecule has 1 N–H and O–H groups in total. The van der Waals surface area contributed by atoms with Crippen LogP contribution in [0.1, 0.15) is 17.0 Å². The molecule has 0 fully saturated rings. The van der Waals surface area contributed by atoms with Gasteiger partial charge in [-0.15, -0.1) is 0 Å². The lowest BCUT2D eigenvalue weighted by molar-refractivity contribution is -0.138. The van der Waals surface area contributed by atoms with E-state index in [-0.39, 0.29) is 0 Å². The number of rotatable bonds is 5. The molecule has 1 unspecified atom stereocenters. The van der Waals surface area contributed by atoms with Gasteiger partial charge in [0.25, 0.3) is 0 Å². The van der Waals surface area contributed by atoms with Crippen molar-refractivity contribution in [1.82, 2.24) is 4.98 Å². The number of pyridine rings is 1. The van der Waals surface area contributed by atoms with Gasteiger partial charge < -0.3 is 9.84 Å². The van der Waals surface area contributed by atoms with Crippen LogP contribution in [-0.4, -0.2) is 23.2 Å². The number of carbonyl (C=O) groups is 1. The van der Waals surface area contributed by atoms with Crippen LogP contribution < -0.4 is 4.74 Å². The first-order chi connectivity index (χ1) is 9.20. The molecule has 98 valence electrons. The first-order valence-corrected chi connectivity index (χ1v) is 5.97. The third-order valence-corrected chi connectivity index (χ3v) is 2.95. The van der Waals surface area contributed by atoms with Crippen molar-refractivity contribution >= 4 is 5.97 Å². The van der Waals surface area contributed by atoms with Gasteiger partial charge in [0.1, 0.15) is 0 Å². The maximum absolute atomic E-state index is 11.4. The molecule has 0 aliphatic heterocycles. The minimum Gasteiger partial charge on any atom is -0.481 e. The highest BCUT2D eigenvalue weighted by molar-refractivity contribution is 5.76. The van der Waals surface area contributed by atoms with Crippen molar-refractivity contribution in [2.45, 2.75) is 12.3 Å². The standard InChI is InChI=1S/C15H15NO3/c1-19-14-10-12(7-8-16-14)13(15(17)18)9-11-5-3-2-4-6-11/h2-8,10,13H,9H2,1H3,(H,17,18). The summed E-state index contributed by atoms with van der Waals surface area (Å²) < 4.78 is 5.03. The van der Waals surface area contributed by atoms with Crippen LogP contribution >= 0.6 is 0 Å². The summed E-state index contributed by atoms with van der Waals surface area (Å²) in [6, 6.07) is 13.0. The van der Waals surface area contributed by atoms with E-state index in [0.717, 1.165) is 5.56 Å². The highest BCUT2D eigenvalue weighted by atomic mass is 16.5. The van der Waals surface area contributed by atoms with E-state index in [9.17, 15) is 9.90 Å². The Bertz CT molecular complexity index is 554. The van der Waals surface area contributed by atoms with E-state index in [2.05, 4.69) is 4.98 Å². The Hall–Kier alpha value is -2.36. The van der Waals surface area contributed by atoms with Crippen molar-refractivity contribution in [3.8, 4) is 5.88 Å². The minimum absolute atomic E-state index is 0.428. The van der Waals surface area contributed by atoms with E-state index in [1.807, 2.05) is 30.3 Å². The number of carboxylic acid groups (broad SMARTS) is 1. The fourth-order valence-electron chi connectivity index (χ4n) is 1.95. The molecule has 1 atom stereocenters. The summed E-state index contributed by atoms with van der Waals surface area (Å²) in [7, 11) is 1.51. The highest BCUT2D eigenvalue weighted by Gasteiger charge is 2.21. The lowest BCUT2D eigenvalue weighted by Crippen LogP contribution is -2.14. The Morgan fingerprint density at radius 1 is 1.32 bits per heavy atom. The third-order valence-electron chi connectivity index (χ3n) is 2.95. The second-order valence-electron chi connectivity index (χ2n) is 4.21. The lowest BCUT2D eigenvalue weighted by Gasteiger charge is -2.13. The molecule has 0 bridgehead atoms. The van der Waals surface area contributed by atoms with Crippen LogP contribution in [0, 0.1) is 0 Å². The SMILES string of the molecule is COc1cc(C(Cc2ccccc2)C(=O)O)ccn1. The van der Waals surface area contributed by atoms with Gasteiger partial charge >= 0.3 is 5.97 Å². The van der Waals surface area contributed by atoms with Crippen molar-refractivity contribution in [2.75, 3.05) is 7.11 Å². The average Bonchev–Trinajstić information content (AvgIpc) is 2.45. The smallest absolute Gasteiger partial charge is 0.311 e. The zero-order valence-corrected chi connectivity index (χ0v) is 10.6. The molecular formula is C15H15NO3. The number of hydrogen-bond donors (Lipinski definition) is 1. The maximum atomic E-state index is 11.4. The number of hydrogen-bond acceptors (Lipinski definition) is 3. The molecule has 1 aromatic heterocycles. The summed E-state index contributed by atoms with van der Waals surface area (Å²) in [5.41, 5.74) is 1.69. The van der Waals surface area contributed by atoms with Gasteiger partial charge in [0, 0.05) is 12.3 Å². The molecule has 4 nitrogen and oxygen atoms in total. The fourth-order valence-corrected chi connectivity index (χ4v) is 1.95. The van der Waals surface area contributed by atoms with Gasteiger partial charge in [0.2, 0.25) is 5.88 Å². The molecule has 0 aliphatic carbocycles. The van der Waals surface area contributed by atoms with E-state index in [4.69, 9.17) is 4.74 Å². The van der Waals surface area contributed by atoms with Gasteiger partial charge in [-0.25, -0.2) is 4.98 Å². The molecule has 1 heterocycles. The maximum Gasteiger partial charge on any atom is 0.311 e. The van der Waals surface area contributed by atoms with Crippen LogP contribution in [0.4, 0.5) is 0 Å². The van der Waals surface area contributed by atoms with Gasteiger partial charge in [-0.2, -0.15) is 0 Å². The summed E-state index contributed by atoms with van der Waals surface area (Å²) in [6.45, 7) is 0. The van der Waals surface area contributed by atoms with Crippen molar-refractivity contribution in [3.63, 3.8) is 0 Å². The summed E-state index contributed by atoms with van der Waals surface area (Å²) in [6.07, 6.45) is 2.01. The zero-order chi connectivity index (χ0) is 13.7. The molecule has 1 aromatic carbocycles. The minimum atomic E-state index is -0.850. The molecule has 2 aromatic rings.